The second kappa shape index (κ2) is 9.56. The van der Waals surface area contributed by atoms with Gasteiger partial charge >= 0.3 is 0 Å². The van der Waals surface area contributed by atoms with Gasteiger partial charge < -0.3 is 5.11 Å². The SMILES string of the molecule is CC(C)(C1CCCCC1)C1CC(n2nc3ccccc3n2)C(O)C(C(C)(C)C2CCCCC2)C1. The van der Waals surface area contributed by atoms with Gasteiger partial charge in [0.25, 0.3) is 0 Å². The minimum atomic E-state index is -0.392. The topological polar surface area (TPSA) is 50.9 Å². The molecular weight excluding hydrogens is 418 g/mol. The summed E-state index contributed by atoms with van der Waals surface area (Å²) in [5.74, 6) is 2.38. The first-order chi connectivity index (χ1) is 16.3. The molecule has 188 valence electrons. The predicted molar refractivity (Wildman–Crippen MR) is 139 cm³/mol. The van der Waals surface area contributed by atoms with Crippen LogP contribution in [0.1, 0.15) is 111 Å². The van der Waals surface area contributed by atoms with Crippen LogP contribution in [0.2, 0.25) is 0 Å². The van der Waals surface area contributed by atoms with E-state index in [0.717, 1.165) is 29.8 Å². The summed E-state index contributed by atoms with van der Waals surface area (Å²) in [6, 6.07) is 8.11. The summed E-state index contributed by atoms with van der Waals surface area (Å²) in [6.07, 6.45) is 15.4. The number of fused-ring (bicyclic) bond motifs is 1. The lowest BCUT2D eigenvalue weighted by Crippen LogP contribution is -2.51. The van der Waals surface area contributed by atoms with Crippen LogP contribution in [0.4, 0.5) is 0 Å². The van der Waals surface area contributed by atoms with Gasteiger partial charge in [-0.25, -0.2) is 0 Å². The van der Waals surface area contributed by atoms with E-state index in [0.29, 0.717) is 11.8 Å². The Bertz CT molecular complexity index is 918. The van der Waals surface area contributed by atoms with Crippen molar-refractivity contribution in [1.29, 1.82) is 0 Å². The second-order valence-corrected chi connectivity index (χ2v) is 13.2. The number of hydrogen-bond acceptors (Lipinski definition) is 3. The number of aromatic nitrogens is 3. The van der Waals surface area contributed by atoms with Crippen molar-refractivity contribution < 1.29 is 5.11 Å². The van der Waals surface area contributed by atoms with Crippen molar-refractivity contribution in [2.45, 2.75) is 117 Å². The molecule has 1 aromatic heterocycles. The summed E-state index contributed by atoms with van der Waals surface area (Å²) in [5.41, 5.74) is 2.29. The molecule has 0 saturated heterocycles. The minimum Gasteiger partial charge on any atom is -0.391 e. The summed E-state index contributed by atoms with van der Waals surface area (Å²) in [6.45, 7) is 10.0. The summed E-state index contributed by atoms with van der Waals surface area (Å²) >= 11 is 0. The van der Waals surface area contributed by atoms with E-state index in [1.807, 2.05) is 29.1 Å². The van der Waals surface area contributed by atoms with Crippen LogP contribution >= 0.6 is 0 Å². The van der Waals surface area contributed by atoms with Gasteiger partial charge in [0.1, 0.15) is 11.0 Å². The number of hydrogen-bond donors (Lipinski definition) is 1. The second-order valence-electron chi connectivity index (χ2n) is 13.2. The Morgan fingerprint density at radius 3 is 1.74 bits per heavy atom. The molecule has 5 rings (SSSR count). The van der Waals surface area contributed by atoms with Gasteiger partial charge in [-0.05, 0) is 85.2 Å². The van der Waals surface area contributed by atoms with E-state index in [-0.39, 0.29) is 22.8 Å². The standard InChI is InChI=1S/C30H47N3O/c1-29(2,21-13-7-5-8-14-21)23-19-24(30(3,4)22-15-9-6-10-16-22)28(34)27(20-23)33-31-25-17-11-12-18-26(25)32-33/h11-12,17-18,21-24,27-28,34H,5-10,13-16,19-20H2,1-4H3. The lowest BCUT2D eigenvalue weighted by molar-refractivity contribution is -0.105. The highest BCUT2D eigenvalue weighted by atomic mass is 16.3. The number of aliphatic hydroxyl groups is 1. The lowest BCUT2D eigenvalue weighted by atomic mass is 9.53. The highest BCUT2D eigenvalue weighted by Gasteiger charge is 2.52. The van der Waals surface area contributed by atoms with Gasteiger partial charge in [0.15, 0.2) is 0 Å². The molecule has 3 saturated carbocycles. The maximum atomic E-state index is 12.0. The molecule has 2 aromatic rings. The van der Waals surface area contributed by atoms with Gasteiger partial charge in [-0.2, -0.15) is 15.0 Å². The summed E-state index contributed by atoms with van der Waals surface area (Å²) < 4.78 is 0. The zero-order chi connectivity index (χ0) is 23.9. The van der Waals surface area contributed by atoms with Gasteiger partial charge in [-0.3, -0.25) is 0 Å². The molecule has 3 aliphatic rings. The van der Waals surface area contributed by atoms with Crippen molar-refractivity contribution in [3.63, 3.8) is 0 Å². The minimum absolute atomic E-state index is 0.0399. The van der Waals surface area contributed by atoms with Crippen LogP contribution in [0.3, 0.4) is 0 Å². The Balaban J connectivity index is 1.50. The highest BCUT2D eigenvalue weighted by Crippen LogP contribution is 2.56. The van der Waals surface area contributed by atoms with Gasteiger partial charge in [0.05, 0.1) is 12.1 Å². The molecule has 0 amide bonds. The third-order valence-electron chi connectivity index (χ3n) is 10.8. The summed E-state index contributed by atoms with van der Waals surface area (Å²) in [4.78, 5) is 1.91. The summed E-state index contributed by atoms with van der Waals surface area (Å²) in [5, 5.41) is 21.7. The van der Waals surface area contributed by atoms with Crippen LogP contribution in [-0.2, 0) is 0 Å². The first-order valence-corrected chi connectivity index (χ1v) is 14.3. The monoisotopic (exact) mass is 465 g/mol. The fraction of sp³-hybridized carbons (Fsp3) is 0.800. The Morgan fingerprint density at radius 2 is 1.21 bits per heavy atom. The quantitative estimate of drug-likeness (QED) is 0.495. The van der Waals surface area contributed by atoms with Crippen molar-refractivity contribution in [1.82, 2.24) is 15.0 Å². The van der Waals surface area contributed by atoms with Crippen LogP contribution < -0.4 is 0 Å². The third kappa shape index (κ3) is 4.45. The summed E-state index contributed by atoms with van der Waals surface area (Å²) in [7, 11) is 0. The van der Waals surface area contributed by atoms with E-state index in [1.165, 1.54) is 64.2 Å². The van der Waals surface area contributed by atoms with E-state index in [1.54, 1.807) is 0 Å². The normalized spacial score (nSPS) is 30.6. The molecule has 4 nitrogen and oxygen atoms in total. The van der Waals surface area contributed by atoms with Crippen molar-refractivity contribution in [2.75, 3.05) is 0 Å². The molecule has 0 spiro atoms. The molecule has 0 aliphatic heterocycles. The van der Waals surface area contributed by atoms with Gasteiger partial charge in [-0.1, -0.05) is 78.4 Å². The largest absolute Gasteiger partial charge is 0.391 e. The molecular formula is C30H47N3O. The van der Waals surface area contributed by atoms with Crippen molar-refractivity contribution in [2.24, 2.45) is 34.5 Å². The van der Waals surface area contributed by atoms with Crippen LogP contribution in [0.15, 0.2) is 24.3 Å². The maximum Gasteiger partial charge on any atom is 0.113 e. The molecule has 3 fully saturated rings. The Hall–Kier alpha value is -1.42. The first-order valence-electron chi connectivity index (χ1n) is 14.3. The number of benzene rings is 1. The van der Waals surface area contributed by atoms with Gasteiger partial charge in [0, 0.05) is 0 Å². The van der Waals surface area contributed by atoms with E-state index in [9.17, 15) is 5.11 Å². The van der Waals surface area contributed by atoms with Crippen molar-refractivity contribution in [3.8, 4) is 0 Å². The van der Waals surface area contributed by atoms with E-state index >= 15 is 0 Å². The predicted octanol–water partition coefficient (Wildman–Crippen LogP) is 7.57. The Labute approximate surface area is 206 Å². The van der Waals surface area contributed by atoms with Crippen LogP contribution in [0.5, 0.6) is 0 Å². The highest BCUT2D eigenvalue weighted by molar-refractivity contribution is 5.73. The Kier molecular flexibility index (Phi) is 6.83. The lowest BCUT2D eigenvalue weighted by Gasteiger charge is -2.54. The molecule has 0 bridgehead atoms. The van der Waals surface area contributed by atoms with Crippen LogP contribution in [-0.4, -0.2) is 26.2 Å². The van der Waals surface area contributed by atoms with Crippen LogP contribution in [0.25, 0.3) is 11.0 Å². The number of aliphatic hydroxyl groups excluding tert-OH is 1. The maximum absolute atomic E-state index is 12.0. The molecule has 4 heteroatoms. The van der Waals surface area contributed by atoms with Crippen molar-refractivity contribution in [3.05, 3.63) is 24.3 Å². The first kappa shape index (κ1) is 24.3. The Morgan fingerprint density at radius 1 is 0.706 bits per heavy atom. The van der Waals surface area contributed by atoms with Gasteiger partial charge in [-0.15, -0.1) is 0 Å². The molecule has 1 heterocycles. The van der Waals surface area contributed by atoms with Crippen molar-refractivity contribution >= 4 is 11.0 Å². The molecule has 1 aromatic carbocycles. The van der Waals surface area contributed by atoms with E-state index < -0.39 is 6.10 Å². The average molecular weight is 466 g/mol. The van der Waals surface area contributed by atoms with E-state index in [2.05, 4.69) is 27.7 Å². The molecule has 1 N–H and O–H groups in total. The third-order valence-corrected chi connectivity index (χ3v) is 10.8. The smallest absolute Gasteiger partial charge is 0.113 e. The number of rotatable bonds is 5. The van der Waals surface area contributed by atoms with Crippen LogP contribution in [0, 0.1) is 34.5 Å². The average Bonchev–Trinajstić information content (AvgIpc) is 3.29. The zero-order valence-electron chi connectivity index (χ0n) is 22.0. The zero-order valence-corrected chi connectivity index (χ0v) is 22.0. The van der Waals surface area contributed by atoms with E-state index in [4.69, 9.17) is 10.2 Å². The molecule has 3 aliphatic carbocycles. The molecule has 34 heavy (non-hydrogen) atoms. The number of nitrogens with zero attached hydrogens (tertiary/aromatic N) is 3. The van der Waals surface area contributed by atoms with Gasteiger partial charge in [0.2, 0.25) is 0 Å². The fourth-order valence-electron chi connectivity index (χ4n) is 8.18. The molecule has 0 radical (unpaired) electrons. The fourth-order valence-corrected chi connectivity index (χ4v) is 8.18. The molecule has 4 unspecified atom stereocenters. The molecule has 4 atom stereocenters.